The number of fused-ring (bicyclic) bond motifs is 1. The van der Waals surface area contributed by atoms with E-state index in [1.807, 2.05) is 24.3 Å². The molecule has 29 heavy (non-hydrogen) atoms. The van der Waals surface area contributed by atoms with Gasteiger partial charge in [0.25, 0.3) is 0 Å². The first kappa shape index (κ1) is 20.5. The monoisotopic (exact) mass is 391 g/mol. The maximum absolute atomic E-state index is 8.85. The lowest BCUT2D eigenvalue weighted by molar-refractivity contribution is 0.291. The quantitative estimate of drug-likeness (QED) is 0.379. The van der Waals surface area contributed by atoms with Crippen LogP contribution in [0.5, 0.6) is 0 Å². The van der Waals surface area contributed by atoms with Crippen LogP contribution in [0.2, 0.25) is 0 Å². The van der Waals surface area contributed by atoms with Gasteiger partial charge in [-0.25, -0.2) is 4.98 Å². The average molecular weight is 391 g/mol. The van der Waals surface area contributed by atoms with E-state index in [0.717, 1.165) is 22.2 Å². The van der Waals surface area contributed by atoms with Gasteiger partial charge in [0.1, 0.15) is 5.82 Å². The average Bonchev–Trinajstić information content (AvgIpc) is 2.73. The van der Waals surface area contributed by atoms with E-state index in [1.165, 1.54) is 6.21 Å². The van der Waals surface area contributed by atoms with Gasteiger partial charge < -0.3 is 15.8 Å². The number of aliphatic hydroxyl groups is 1. The summed E-state index contributed by atoms with van der Waals surface area (Å²) < 4.78 is 0. The van der Waals surface area contributed by atoms with Gasteiger partial charge in [-0.2, -0.15) is 5.10 Å². The van der Waals surface area contributed by atoms with Crippen molar-refractivity contribution in [3.8, 4) is 0 Å². The van der Waals surface area contributed by atoms with Crippen molar-refractivity contribution in [1.29, 1.82) is 5.41 Å². The van der Waals surface area contributed by atoms with Crippen molar-refractivity contribution < 1.29 is 5.11 Å². The molecule has 8 nitrogen and oxygen atoms in total. The largest absolute Gasteiger partial charge is 0.396 e. The molecule has 0 aliphatic heterocycles. The number of anilines is 2. The molecule has 3 N–H and O–H groups in total. The third-order valence-corrected chi connectivity index (χ3v) is 4.43. The molecule has 1 atom stereocenters. The first-order valence-corrected chi connectivity index (χ1v) is 9.58. The van der Waals surface area contributed by atoms with E-state index >= 15 is 0 Å². The summed E-state index contributed by atoms with van der Waals surface area (Å²) in [6.07, 6.45) is 7.14. The summed E-state index contributed by atoms with van der Waals surface area (Å²) in [5.74, 6) is 1.37. The summed E-state index contributed by atoms with van der Waals surface area (Å²) >= 11 is 0. The Kier molecular flexibility index (Phi) is 6.91. The summed E-state index contributed by atoms with van der Waals surface area (Å²) in [5, 5.41) is 27.9. The van der Waals surface area contributed by atoms with E-state index in [2.05, 4.69) is 44.3 Å². The molecule has 1 unspecified atom stereocenters. The van der Waals surface area contributed by atoms with Crippen molar-refractivity contribution in [3.63, 3.8) is 0 Å². The standard InChI is InChI=1S/C21H25N7O/c1-14(2)15-9-21(28-25-13-15)27-20-5-4-18-19(26-20)8-16(12-24-18)17(10-22)11-23-6-3-7-29/h4-5,8-14,17,22,29H,3,6-7H2,1-2H3,(H,26,27,28). The predicted octanol–water partition coefficient (Wildman–Crippen LogP) is 3.47. The van der Waals surface area contributed by atoms with E-state index in [4.69, 9.17) is 10.5 Å². The summed E-state index contributed by atoms with van der Waals surface area (Å²) in [4.78, 5) is 13.4. The van der Waals surface area contributed by atoms with Crippen LogP contribution in [-0.4, -0.2) is 50.9 Å². The minimum atomic E-state index is -0.280. The van der Waals surface area contributed by atoms with Crippen LogP contribution >= 0.6 is 0 Å². The van der Waals surface area contributed by atoms with Gasteiger partial charge in [0, 0.05) is 31.8 Å². The molecule has 0 radical (unpaired) electrons. The fourth-order valence-electron chi connectivity index (χ4n) is 2.74. The number of rotatable bonds is 9. The molecule has 0 aliphatic rings. The SMILES string of the molecule is CC(C)c1cnnc(Nc2ccc3ncc(C(C=N)C=NCCCO)cc3n2)c1. The minimum absolute atomic E-state index is 0.105. The Morgan fingerprint density at radius 1 is 1.14 bits per heavy atom. The van der Waals surface area contributed by atoms with Crippen LogP contribution in [0.25, 0.3) is 11.0 Å². The van der Waals surface area contributed by atoms with Gasteiger partial charge in [-0.05, 0) is 47.7 Å². The van der Waals surface area contributed by atoms with E-state index in [1.54, 1.807) is 18.6 Å². The maximum atomic E-state index is 8.85. The van der Waals surface area contributed by atoms with Gasteiger partial charge in [0.05, 0.1) is 23.1 Å². The zero-order valence-electron chi connectivity index (χ0n) is 16.6. The number of pyridine rings is 2. The maximum Gasteiger partial charge on any atom is 0.154 e. The molecule has 0 aliphatic carbocycles. The minimum Gasteiger partial charge on any atom is -0.396 e. The van der Waals surface area contributed by atoms with Gasteiger partial charge >= 0.3 is 0 Å². The van der Waals surface area contributed by atoms with Gasteiger partial charge in [0.15, 0.2) is 5.82 Å². The van der Waals surface area contributed by atoms with E-state index in [-0.39, 0.29) is 12.5 Å². The summed E-state index contributed by atoms with van der Waals surface area (Å²) in [6.45, 7) is 4.85. The van der Waals surface area contributed by atoms with Crippen LogP contribution < -0.4 is 5.32 Å². The summed E-state index contributed by atoms with van der Waals surface area (Å²) in [7, 11) is 0. The molecule has 0 spiro atoms. The Bertz CT molecular complexity index is 1000. The smallest absolute Gasteiger partial charge is 0.154 e. The van der Waals surface area contributed by atoms with Gasteiger partial charge in [-0.3, -0.25) is 9.98 Å². The Balaban J connectivity index is 1.84. The normalized spacial score (nSPS) is 12.6. The predicted molar refractivity (Wildman–Crippen MR) is 116 cm³/mol. The highest BCUT2D eigenvalue weighted by Gasteiger charge is 2.09. The molecular formula is C21H25N7O. The fourth-order valence-corrected chi connectivity index (χ4v) is 2.74. The highest BCUT2D eigenvalue weighted by Crippen LogP contribution is 2.21. The Morgan fingerprint density at radius 3 is 2.76 bits per heavy atom. The van der Waals surface area contributed by atoms with Gasteiger partial charge in [-0.1, -0.05) is 13.8 Å². The molecule has 8 heteroatoms. The van der Waals surface area contributed by atoms with Crippen molar-refractivity contribution in [1.82, 2.24) is 20.2 Å². The number of aliphatic hydroxyl groups excluding tert-OH is 1. The number of nitrogens with zero attached hydrogens (tertiary/aromatic N) is 5. The number of hydrogen-bond acceptors (Lipinski definition) is 8. The van der Waals surface area contributed by atoms with Crippen molar-refractivity contribution >= 4 is 35.1 Å². The lowest BCUT2D eigenvalue weighted by atomic mass is 10.0. The highest BCUT2D eigenvalue weighted by atomic mass is 16.3. The molecular weight excluding hydrogens is 366 g/mol. The molecule has 0 aromatic carbocycles. The lowest BCUT2D eigenvalue weighted by Crippen LogP contribution is -2.04. The zero-order valence-corrected chi connectivity index (χ0v) is 16.6. The van der Waals surface area contributed by atoms with Crippen LogP contribution in [0.15, 0.2) is 41.7 Å². The first-order chi connectivity index (χ1) is 14.1. The number of aliphatic imine (C=N–C) groups is 1. The van der Waals surface area contributed by atoms with E-state index in [0.29, 0.717) is 30.5 Å². The molecule has 3 aromatic heterocycles. The molecule has 3 heterocycles. The van der Waals surface area contributed by atoms with Gasteiger partial charge in [-0.15, -0.1) is 5.10 Å². The Hall–Kier alpha value is -3.26. The van der Waals surface area contributed by atoms with Crippen LogP contribution in [0, 0.1) is 5.41 Å². The second-order valence-corrected chi connectivity index (χ2v) is 6.98. The molecule has 3 rings (SSSR count). The fraction of sp³-hybridized carbons (Fsp3) is 0.333. The molecule has 0 bridgehead atoms. The van der Waals surface area contributed by atoms with Crippen LogP contribution in [0.3, 0.4) is 0 Å². The van der Waals surface area contributed by atoms with Crippen molar-refractivity contribution in [3.05, 3.63) is 47.8 Å². The number of aromatic nitrogens is 4. The number of hydrogen-bond donors (Lipinski definition) is 3. The van der Waals surface area contributed by atoms with Crippen LogP contribution in [0.1, 0.15) is 43.2 Å². The summed E-state index contributed by atoms with van der Waals surface area (Å²) in [5.41, 5.74) is 3.42. The second-order valence-electron chi connectivity index (χ2n) is 6.98. The third-order valence-electron chi connectivity index (χ3n) is 4.43. The molecule has 0 saturated carbocycles. The molecule has 150 valence electrons. The Labute approximate surface area is 169 Å². The van der Waals surface area contributed by atoms with Crippen LogP contribution in [0.4, 0.5) is 11.6 Å². The summed E-state index contributed by atoms with van der Waals surface area (Å²) in [6, 6.07) is 7.62. The molecule has 0 fully saturated rings. The highest BCUT2D eigenvalue weighted by molar-refractivity contribution is 5.90. The lowest BCUT2D eigenvalue weighted by Gasteiger charge is -2.10. The van der Waals surface area contributed by atoms with E-state index in [9.17, 15) is 0 Å². The first-order valence-electron chi connectivity index (χ1n) is 9.58. The van der Waals surface area contributed by atoms with E-state index < -0.39 is 0 Å². The zero-order chi connectivity index (χ0) is 20.6. The molecule has 0 saturated heterocycles. The third kappa shape index (κ3) is 5.39. The van der Waals surface area contributed by atoms with Crippen molar-refractivity contribution in [2.75, 3.05) is 18.5 Å². The van der Waals surface area contributed by atoms with Crippen molar-refractivity contribution in [2.24, 2.45) is 4.99 Å². The molecule has 3 aromatic rings. The van der Waals surface area contributed by atoms with Crippen LogP contribution in [-0.2, 0) is 0 Å². The Morgan fingerprint density at radius 2 is 2.00 bits per heavy atom. The number of nitrogens with one attached hydrogen (secondary N) is 2. The van der Waals surface area contributed by atoms with Crippen molar-refractivity contribution in [2.45, 2.75) is 32.1 Å². The topological polar surface area (TPSA) is 120 Å². The second kappa shape index (κ2) is 9.79. The molecule has 0 amide bonds. The van der Waals surface area contributed by atoms with Gasteiger partial charge in [0.2, 0.25) is 0 Å².